The lowest BCUT2D eigenvalue weighted by atomic mass is 10.3. The van der Waals surface area contributed by atoms with Crippen LogP contribution in [0.25, 0.3) is 17.1 Å². The highest BCUT2D eigenvalue weighted by atomic mass is 16.3. The first-order valence-corrected chi connectivity index (χ1v) is 5.38. The van der Waals surface area contributed by atoms with E-state index in [0.29, 0.717) is 6.54 Å². The monoisotopic (exact) mass is 228 g/mol. The number of nitrogens with two attached hydrogens (primary N) is 1. The van der Waals surface area contributed by atoms with E-state index in [2.05, 4.69) is 10.1 Å². The molecule has 2 N–H and O–H groups in total. The Morgan fingerprint density at radius 2 is 2.18 bits per heavy atom. The summed E-state index contributed by atoms with van der Waals surface area (Å²) >= 11 is 0. The summed E-state index contributed by atoms with van der Waals surface area (Å²) in [5.41, 5.74) is 7.94. The maximum atomic E-state index is 5.54. The minimum atomic E-state index is 0.415. The highest BCUT2D eigenvalue weighted by Crippen LogP contribution is 2.19. The summed E-state index contributed by atoms with van der Waals surface area (Å²) in [4.78, 5) is 4.32. The molecule has 0 bridgehead atoms. The van der Waals surface area contributed by atoms with Crippen molar-refractivity contribution in [3.05, 3.63) is 41.9 Å². The van der Waals surface area contributed by atoms with Crippen LogP contribution in [0.2, 0.25) is 0 Å². The molecular formula is C12H12N4O. The molecule has 0 amide bonds. The van der Waals surface area contributed by atoms with E-state index in [9.17, 15) is 0 Å². The Morgan fingerprint density at radius 1 is 1.29 bits per heavy atom. The van der Waals surface area contributed by atoms with Crippen LogP contribution in [0, 0.1) is 6.92 Å². The molecule has 17 heavy (non-hydrogen) atoms. The molecule has 0 aliphatic rings. The highest BCUT2D eigenvalue weighted by molar-refractivity contribution is 5.54. The van der Waals surface area contributed by atoms with Gasteiger partial charge in [0.1, 0.15) is 11.5 Å². The number of aryl methyl sites for hydroxylation is 1. The fraction of sp³-hybridized carbons (Fsp3) is 0.167. The second-order valence-electron chi connectivity index (χ2n) is 3.87. The molecule has 0 saturated heterocycles. The molecule has 0 spiro atoms. The van der Waals surface area contributed by atoms with E-state index in [1.54, 1.807) is 4.52 Å². The number of furan rings is 1. The van der Waals surface area contributed by atoms with Crippen LogP contribution < -0.4 is 5.73 Å². The molecule has 0 saturated carbocycles. The third kappa shape index (κ3) is 1.70. The zero-order valence-corrected chi connectivity index (χ0v) is 9.42. The normalized spacial score (nSPS) is 11.2. The Labute approximate surface area is 97.9 Å². The second kappa shape index (κ2) is 3.71. The summed E-state index contributed by atoms with van der Waals surface area (Å²) in [5.74, 6) is 1.63. The minimum Gasteiger partial charge on any atom is -0.460 e. The van der Waals surface area contributed by atoms with Gasteiger partial charge in [0.25, 0.3) is 0 Å². The van der Waals surface area contributed by atoms with Gasteiger partial charge in [0.2, 0.25) is 0 Å². The standard InChI is InChI=1S/C12H12N4O/c1-8-2-4-11(17-8)10-3-5-12-14-9(6-13)7-16(12)15-10/h2-5,7H,6,13H2,1H3. The van der Waals surface area contributed by atoms with Crippen LogP contribution in [0.1, 0.15) is 11.5 Å². The molecule has 3 aromatic heterocycles. The molecule has 0 aromatic carbocycles. The molecule has 0 aliphatic carbocycles. The minimum absolute atomic E-state index is 0.415. The highest BCUT2D eigenvalue weighted by Gasteiger charge is 2.07. The Bertz CT molecular complexity index is 668. The van der Waals surface area contributed by atoms with Crippen LogP contribution in [0.5, 0.6) is 0 Å². The van der Waals surface area contributed by atoms with Crippen LogP contribution in [0.15, 0.2) is 34.9 Å². The van der Waals surface area contributed by atoms with Crippen molar-refractivity contribution in [2.24, 2.45) is 5.73 Å². The average molecular weight is 228 g/mol. The van der Waals surface area contributed by atoms with E-state index >= 15 is 0 Å². The first kappa shape index (κ1) is 10.0. The zero-order chi connectivity index (χ0) is 11.8. The first-order chi connectivity index (χ1) is 8.26. The Balaban J connectivity index is 2.12. The molecular weight excluding hydrogens is 216 g/mol. The van der Waals surface area contributed by atoms with Crippen LogP contribution in [0.3, 0.4) is 0 Å². The zero-order valence-electron chi connectivity index (χ0n) is 9.42. The van der Waals surface area contributed by atoms with Gasteiger partial charge in [-0.25, -0.2) is 9.50 Å². The SMILES string of the molecule is Cc1ccc(-c2ccc3nc(CN)cn3n2)o1. The van der Waals surface area contributed by atoms with Crippen LogP contribution in [-0.4, -0.2) is 14.6 Å². The second-order valence-corrected chi connectivity index (χ2v) is 3.87. The van der Waals surface area contributed by atoms with Gasteiger partial charge < -0.3 is 10.2 Å². The van der Waals surface area contributed by atoms with Crippen molar-refractivity contribution in [3.8, 4) is 11.5 Å². The van der Waals surface area contributed by atoms with E-state index in [4.69, 9.17) is 10.2 Å². The topological polar surface area (TPSA) is 69.3 Å². The van der Waals surface area contributed by atoms with Gasteiger partial charge in [0, 0.05) is 6.54 Å². The Kier molecular flexibility index (Phi) is 2.19. The molecule has 0 unspecified atom stereocenters. The lowest BCUT2D eigenvalue weighted by Crippen LogP contribution is -1.95. The smallest absolute Gasteiger partial charge is 0.154 e. The summed E-state index contributed by atoms with van der Waals surface area (Å²) < 4.78 is 7.25. The number of rotatable bonds is 2. The lowest BCUT2D eigenvalue weighted by Gasteiger charge is -1.97. The molecule has 3 heterocycles. The number of fused-ring (bicyclic) bond motifs is 1. The van der Waals surface area contributed by atoms with Crippen molar-refractivity contribution in [2.75, 3.05) is 0 Å². The molecule has 0 fully saturated rings. The van der Waals surface area contributed by atoms with Gasteiger partial charge in [-0.15, -0.1) is 0 Å². The number of hydrogen-bond acceptors (Lipinski definition) is 4. The van der Waals surface area contributed by atoms with E-state index in [1.807, 2.05) is 37.4 Å². The third-order valence-electron chi connectivity index (χ3n) is 2.57. The fourth-order valence-electron chi connectivity index (χ4n) is 1.73. The van der Waals surface area contributed by atoms with Gasteiger partial charge in [0.05, 0.1) is 11.9 Å². The number of imidazole rings is 1. The number of aromatic nitrogens is 3. The van der Waals surface area contributed by atoms with E-state index in [-0.39, 0.29) is 0 Å². The van der Waals surface area contributed by atoms with Crippen LogP contribution >= 0.6 is 0 Å². The molecule has 0 aliphatic heterocycles. The summed E-state index contributed by atoms with van der Waals surface area (Å²) in [6, 6.07) is 7.62. The van der Waals surface area contributed by atoms with Crippen molar-refractivity contribution in [2.45, 2.75) is 13.5 Å². The van der Waals surface area contributed by atoms with Crippen molar-refractivity contribution in [1.82, 2.24) is 14.6 Å². The molecule has 5 nitrogen and oxygen atoms in total. The molecule has 0 atom stereocenters. The van der Waals surface area contributed by atoms with Gasteiger partial charge in [-0.2, -0.15) is 5.10 Å². The molecule has 3 rings (SSSR count). The van der Waals surface area contributed by atoms with Crippen molar-refractivity contribution >= 4 is 5.65 Å². The largest absolute Gasteiger partial charge is 0.460 e. The Morgan fingerprint density at radius 3 is 2.88 bits per heavy atom. The van der Waals surface area contributed by atoms with Gasteiger partial charge in [-0.05, 0) is 31.2 Å². The van der Waals surface area contributed by atoms with Gasteiger partial charge in [-0.1, -0.05) is 0 Å². The lowest BCUT2D eigenvalue weighted by molar-refractivity contribution is 0.545. The van der Waals surface area contributed by atoms with Crippen LogP contribution in [0.4, 0.5) is 0 Å². The van der Waals surface area contributed by atoms with Crippen molar-refractivity contribution in [1.29, 1.82) is 0 Å². The summed E-state index contributed by atoms with van der Waals surface area (Å²) in [6.45, 7) is 2.32. The molecule has 86 valence electrons. The van der Waals surface area contributed by atoms with E-state index < -0.39 is 0 Å². The number of nitrogens with zero attached hydrogens (tertiary/aromatic N) is 3. The maximum Gasteiger partial charge on any atom is 0.154 e. The quantitative estimate of drug-likeness (QED) is 0.725. The Hall–Kier alpha value is -2.14. The average Bonchev–Trinajstić information content (AvgIpc) is 2.93. The van der Waals surface area contributed by atoms with Crippen LogP contribution in [-0.2, 0) is 6.54 Å². The summed E-state index contributed by atoms with van der Waals surface area (Å²) in [6.07, 6.45) is 1.83. The van der Waals surface area contributed by atoms with Crippen molar-refractivity contribution < 1.29 is 4.42 Å². The molecule has 0 radical (unpaired) electrons. The predicted molar refractivity (Wildman–Crippen MR) is 63.3 cm³/mol. The fourth-order valence-corrected chi connectivity index (χ4v) is 1.73. The third-order valence-corrected chi connectivity index (χ3v) is 2.57. The van der Waals surface area contributed by atoms with Gasteiger partial charge in [-0.3, -0.25) is 0 Å². The van der Waals surface area contributed by atoms with Gasteiger partial charge in [0.15, 0.2) is 11.4 Å². The molecule has 5 heteroatoms. The van der Waals surface area contributed by atoms with E-state index in [0.717, 1.165) is 28.6 Å². The summed E-state index contributed by atoms with van der Waals surface area (Å²) in [5, 5.41) is 4.43. The van der Waals surface area contributed by atoms with Gasteiger partial charge >= 0.3 is 0 Å². The molecule has 3 aromatic rings. The predicted octanol–water partition coefficient (Wildman–Crippen LogP) is 1.76. The van der Waals surface area contributed by atoms with E-state index in [1.165, 1.54) is 0 Å². The number of hydrogen-bond donors (Lipinski definition) is 1. The summed E-state index contributed by atoms with van der Waals surface area (Å²) in [7, 11) is 0. The first-order valence-electron chi connectivity index (χ1n) is 5.38. The van der Waals surface area contributed by atoms with Crippen molar-refractivity contribution in [3.63, 3.8) is 0 Å². The maximum absolute atomic E-state index is 5.54.